The highest BCUT2D eigenvalue weighted by Crippen LogP contribution is 2.30. The zero-order valence-electron chi connectivity index (χ0n) is 20.2. The number of halogens is 3. The Morgan fingerprint density at radius 2 is 1.76 bits per heavy atom. The molecule has 1 atom stereocenters. The Balaban J connectivity index is 1.89. The third-order valence-electron chi connectivity index (χ3n) is 4.92. The van der Waals surface area contributed by atoms with Crippen LogP contribution >= 0.6 is 0 Å². The van der Waals surface area contributed by atoms with E-state index in [1.807, 2.05) is 52.0 Å². The zero-order chi connectivity index (χ0) is 25.1. The molecule has 0 amide bonds. The summed E-state index contributed by atoms with van der Waals surface area (Å²) >= 11 is 0. The molecule has 1 unspecified atom stereocenters. The van der Waals surface area contributed by atoms with Crippen molar-refractivity contribution in [3.8, 4) is 17.2 Å². The molecule has 0 heterocycles. The lowest BCUT2D eigenvalue weighted by Crippen LogP contribution is -2.24. The second kappa shape index (κ2) is 12.9. The van der Waals surface area contributed by atoms with E-state index < -0.39 is 11.9 Å². The third-order valence-corrected chi connectivity index (χ3v) is 4.92. The lowest BCUT2D eigenvalue weighted by molar-refractivity contribution is -0.0608. The summed E-state index contributed by atoms with van der Waals surface area (Å²) < 4.78 is 57.0. The van der Waals surface area contributed by atoms with Crippen LogP contribution in [0.5, 0.6) is 17.2 Å². The SMILES string of the molecule is C/C=C/COc1cc(C)c(OC(C)CCCOc2cccc(/C(=N/OC)C(F)(F)F)c2)c(C)c1. The van der Waals surface area contributed by atoms with Gasteiger partial charge in [0, 0.05) is 5.56 Å². The Kier molecular flexibility index (Phi) is 10.3. The highest BCUT2D eigenvalue weighted by molar-refractivity contribution is 6.04. The van der Waals surface area contributed by atoms with E-state index in [0.29, 0.717) is 25.4 Å². The summed E-state index contributed by atoms with van der Waals surface area (Å²) in [6.07, 6.45) is 0.581. The number of allylic oxidation sites excluding steroid dienone is 1. The van der Waals surface area contributed by atoms with Crippen LogP contribution in [0.15, 0.2) is 53.7 Å². The van der Waals surface area contributed by atoms with Crippen molar-refractivity contribution in [1.29, 1.82) is 0 Å². The van der Waals surface area contributed by atoms with E-state index in [9.17, 15) is 13.2 Å². The Hall–Kier alpha value is -3.16. The van der Waals surface area contributed by atoms with Gasteiger partial charge in [-0.15, -0.1) is 0 Å². The van der Waals surface area contributed by atoms with E-state index in [0.717, 1.165) is 36.2 Å². The van der Waals surface area contributed by atoms with Crippen molar-refractivity contribution in [1.82, 2.24) is 0 Å². The first-order chi connectivity index (χ1) is 16.2. The highest BCUT2D eigenvalue weighted by Gasteiger charge is 2.38. The van der Waals surface area contributed by atoms with Crippen molar-refractivity contribution in [3.05, 3.63) is 65.2 Å². The van der Waals surface area contributed by atoms with Crippen LogP contribution in [0.1, 0.15) is 43.4 Å². The van der Waals surface area contributed by atoms with Crippen molar-refractivity contribution in [2.24, 2.45) is 5.16 Å². The van der Waals surface area contributed by atoms with Crippen molar-refractivity contribution in [2.45, 2.75) is 52.8 Å². The van der Waals surface area contributed by atoms with Crippen molar-refractivity contribution >= 4 is 5.71 Å². The van der Waals surface area contributed by atoms with Gasteiger partial charge in [0.1, 0.15) is 31.0 Å². The standard InChI is InChI=1S/C26H32F3NO4/c1-6-7-13-33-23-15-18(2)24(19(3)16-23)34-20(4)10-9-14-32-22-12-8-11-21(17-22)25(30-31-5)26(27,28)29/h6-8,11-12,15-17,20H,9-10,13-14H2,1-5H3/b7-6+,30-25-. The highest BCUT2D eigenvalue weighted by atomic mass is 19.4. The summed E-state index contributed by atoms with van der Waals surface area (Å²) in [5.41, 5.74) is 0.765. The van der Waals surface area contributed by atoms with Gasteiger partial charge in [0.25, 0.3) is 0 Å². The number of alkyl halides is 3. The maximum atomic E-state index is 13.2. The number of benzene rings is 2. The molecule has 0 spiro atoms. The molecule has 34 heavy (non-hydrogen) atoms. The van der Waals surface area contributed by atoms with Gasteiger partial charge in [0.05, 0.1) is 12.7 Å². The van der Waals surface area contributed by atoms with E-state index in [1.165, 1.54) is 18.2 Å². The largest absolute Gasteiger partial charge is 0.494 e. The zero-order valence-corrected chi connectivity index (χ0v) is 20.2. The van der Waals surface area contributed by atoms with E-state index in [4.69, 9.17) is 14.2 Å². The number of aryl methyl sites for hydroxylation is 2. The second-order valence-corrected chi connectivity index (χ2v) is 7.83. The molecule has 8 heteroatoms. The monoisotopic (exact) mass is 479 g/mol. The lowest BCUT2D eigenvalue weighted by atomic mass is 10.1. The molecule has 0 radical (unpaired) electrons. The minimum absolute atomic E-state index is 0.0622. The Bertz CT molecular complexity index is 963. The molecule has 0 aliphatic heterocycles. The normalized spacial score (nSPS) is 13.1. The molecule has 0 saturated heterocycles. The summed E-state index contributed by atoms with van der Waals surface area (Å²) in [6.45, 7) is 8.75. The summed E-state index contributed by atoms with van der Waals surface area (Å²) in [5, 5.41) is 3.11. The van der Waals surface area contributed by atoms with E-state index >= 15 is 0 Å². The summed E-state index contributed by atoms with van der Waals surface area (Å²) in [4.78, 5) is 4.35. The predicted octanol–water partition coefficient (Wildman–Crippen LogP) is 6.80. The van der Waals surface area contributed by atoms with Gasteiger partial charge < -0.3 is 19.0 Å². The van der Waals surface area contributed by atoms with Gasteiger partial charge in [-0.25, -0.2) is 0 Å². The Morgan fingerprint density at radius 3 is 2.38 bits per heavy atom. The number of nitrogens with zero attached hydrogens (tertiary/aromatic N) is 1. The molecule has 0 N–H and O–H groups in total. The second-order valence-electron chi connectivity index (χ2n) is 7.83. The number of hydrogen-bond acceptors (Lipinski definition) is 5. The van der Waals surface area contributed by atoms with Crippen LogP contribution in [0.3, 0.4) is 0 Å². The van der Waals surface area contributed by atoms with Crippen LogP contribution in [-0.4, -0.2) is 38.3 Å². The molecule has 0 bridgehead atoms. The quantitative estimate of drug-likeness (QED) is 0.145. The summed E-state index contributed by atoms with van der Waals surface area (Å²) in [6, 6.07) is 9.63. The number of rotatable bonds is 12. The molecule has 0 aromatic heterocycles. The summed E-state index contributed by atoms with van der Waals surface area (Å²) in [7, 11) is 1.08. The van der Waals surface area contributed by atoms with Crippen molar-refractivity contribution in [2.75, 3.05) is 20.3 Å². The van der Waals surface area contributed by atoms with Crippen LogP contribution in [0.4, 0.5) is 13.2 Å². The molecular weight excluding hydrogens is 447 g/mol. The first-order valence-corrected chi connectivity index (χ1v) is 11.1. The third kappa shape index (κ3) is 8.32. The van der Waals surface area contributed by atoms with Crippen LogP contribution in [-0.2, 0) is 4.84 Å². The molecular formula is C26H32F3NO4. The average molecular weight is 480 g/mol. The van der Waals surface area contributed by atoms with E-state index in [-0.39, 0.29) is 11.7 Å². The van der Waals surface area contributed by atoms with E-state index in [1.54, 1.807) is 6.07 Å². The number of hydrogen-bond donors (Lipinski definition) is 0. The predicted molar refractivity (Wildman–Crippen MR) is 127 cm³/mol. The molecule has 0 fully saturated rings. The van der Waals surface area contributed by atoms with Crippen molar-refractivity contribution < 1.29 is 32.2 Å². The molecule has 2 rings (SSSR count). The molecule has 0 saturated carbocycles. The fourth-order valence-corrected chi connectivity index (χ4v) is 3.33. The van der Waals surface area contributed by atoms with Crippen LogP contribution in [0.25, 0.3) is 0 Å². The van der Waals surface area contributed by atoms with Crippen LogP contribution in [0, 0.1) is 13.8 Å². The molecule has 0 aliphatic carbocycles. The number of oxime groups is 1. The maximum Gasteiger partial charge on any atom is 0.437 e. The van der Waals surface area contributed by atoms with Gasteiger partial charge in [0.15, 0.2) is 5.71 Å². The minimum atomic E-state index is -4.63. The number of ether oxygens (including phenoxy) is 3. The van der Waals surface area contributed by atoms with Crippen LogP contribution < -0.4 is 14.2 Å². The Morgan fingerprint density at radius 1 is 1.06 bits per heavy atom. The first kappa shape index (κ1) is 27.1. The lowest BCUT2D eigenvalue weighted by Gasteiger charge is -2.19. The van der Waals surface area contributed by atoms with Gasteiger partial charge in [-0.1, -0.05) is 29.4 Å². The fraction of sp³-hybridized carbons (Fsp3) is 0.423. The van der Waals surface area contributed by atoms with Gasteiger partial charge in [-0.3, -0.25) is 0 Å². The maximum absolute atomic E-state index is 13.2. The topological polar surface area (TPSA) is 49.3 Å². The van der Waals surface area contributed by atoms with E-state index in [2.05, 4.69) is 9.99 Å². The fourth-order valence-electron chi connectivity index (χ4n) is 3.33. The van der Waals surface area contributed by atoms with Crippen molar-refractivity contribution in [3.63, 3.8) is 0 Å². The van der Waals surface area contributed by atoms with Crippen LogP contribution in [0.2, 0.25) is 0 Å². The smallest absolute Gasteiger partial charge is 0.437 e. The molecule has 5 nitrogen and oxygen atoms in total. The molecule has 0 aliphatic rings. The van der Waals surface area contributed by atoms with Gasteiger partial charge in [-0.2, -0.15) is 13.2 Å². The Labute approximate surface area is 199 Å². The van der Waals surface area contributed by atoms with Gasteiger partial charge >= 0.3 is 6.18 Å². The average Bonchev–Trinajstić information content (AvgIpc) is 2.77. The first-order valence-electron chi connectivity index (χ1n) is 11.1. The van der Waals surface area contributed by atoms with Gasteiger partial charge in [-0.05, 0) is 75.9 Å². The molecule has 2 aromatic rings. The minimum Gasteiger partial charge on any atom is -0.494 e. The molecule has 186 valence electrons. The van der Waals surface area contributed by atoms with Gasteiger partial charge in [0.2, 0.25) is 0 Å². The summed E-state index contributed by atoms with van der Waals surface area (Å²) in [5.74, 6) is 1.96. The molecule has 2 aromatic carbocycles.